The number of nitrogens with one attached hydrogen (secondary N) is 2. The summed E-state index contributed by atoms with van der Waals surface area (Å²) >= 11 is 1.55. The molecule has 34 heavy (non-hydrogen) atoms. The zero-order chi connectivity index (χ0) is 24.6. The molecule has 4 N–H and O–H groups in total. The highest BCUT2D eigenvalue weighted by Gasteiger charge is 2.38. The summed E-state index contributed by atoms with van der Waals surface area (Å²) in [6.07, 6.45) is -0.675. The molecule has 0 aliphatic heterocycles. The SMILES string of the molecule is CC(C)(C)OC(=O)N[C@@H](CSC(c1ccccc1)(c1ccccc1)c1ccccc1)C(=O)NN. The quantitative estimate of drug-likeness (QED) is 0.191. The first-order valence-electron chi connectivity index (χ1n) is 11.1. The maximum atomic E-state index is 12.6. The van der Waals surface area contributed by atoms with E-state index in [0.29, 0.717) is 0 Å². The van der Waals surface area contributed by atoms with E-state index in [1.54, 1.807) is 32.5 Å². The number of carbonyl (C=O) groups is 2. The number of nitrogens with two attached hydrogens (primary N) is 1. The molecule has 0 saturated carbocycles. The fourth-order valence-electron chi connectivity index (χ4n) is 3.71. The summed E-state index contributed by atoms with van der Waals surface area (Å²) in [4.78, 5) is 25.1. The van der Waals surface area contributed by atoms with Crippen molar-refractivity contribution >= 4 is 23.8 Å². The summed E-state index contributed by atoms with van der Waals surface area (Å²) in [5.41, 5.74) is 4.65. The molecular formula is C27H31N3O3S. The Labute approximate surface area is 205 Å². The molecule has 3 aromatic rings. The maximum Gasteiger partial charge on any atom is 0.408 e. The van der Waals surface area contributed by atoms with Crippen LogP contribution in [0.15, 0.2) is 91.0 Å². The Morgan fingerprint density at radius 3 is 1.59 bits per heavy atom. The van der Waals surface area contributed by atoms with Gasteiger partial charge >= 0.3 is 6.09 Å². The Bertz CT molecular complexity index is 974. The van der Waals surface area contributed by atoms with Crippen LogP contribution < -0.4 is 16.6 Å². The maximum absolute atomic E-state index is 12.6. The summed E-state index contributed by atoms with van der Waals surface area (Å²) in [5, 5.41) is 2.68. The van der Waals surface area contributed by atoms with Crippen molar-refractivity contribution in [1.82, 2.24) is 10.7 Å². The summed E-state index contributed by atoms with van der Waals surface area (Å²) in [6, 6.07) is 29.5. The minimum absolute atomic E-state index is 0.251. The van der Waals surface area contributed by atoms with E-state index in [1.165, 1.54) is 0 Å². The van der Waals surface area contributed by atoms with Crippen molar-refractivity contribution in [2.75, 3.05) is 5.75 Å². The van der Waals surface area contributed by atoms with Gasteiger partial charge in [-0.25, -0.2) is 10.6 Å². The molecule has 0 saturated heterocycles. The average molecular weight is 478 g/mol. The molecule has 1 atom stereocenters. The first-order valence-corrected chi connectivity index (χ1v) is 12.1. The van der Waals surface area contributed by atoms with Crippen molar-refractivity contribution in [3.63, 3.8) is 0 Å². The van der Waals surface area contributed by atoms with E-state index >= 15 is 0 Å². The van der Waals surface area contributed by atoms with Gasteiger partial charge in [-0.05, 0) is 37.5 Å². The molecule has 3 aromatic carbocycles. The van der Waals surface area contributed by atoms with Gasteiger partial charge in [0.2, 0.25) is 0 Å². The highest BCUT2D eigenvalue weighted by Crippen LogP contribution is 2.48. The van der Waals surface area contributed by atoms with Crippen LogP contribution in [-0.2, 0) is 14.3 Å². The lowest BCUT2D eigenvalue weighted by Gasteiger charge is -2.36. The molecule has 0 heterocycles. The van der Waals surface area contributed by atoms with Crippen molar-refractivity contribution in [2.45, 2.75) is 37.2 Å². The predicted molar refractivity (Wildman–Crippen MR) is 137 cm³/mol. The highest BCUT2D eigenvalue weighted by molar-refractivity contribution is 8.00. The summed E-state index contributed by atoms with van der Waals surface area (Å²) in [7, 11) is 0. The van der Waals surface area contributed by atoms with E-state index in [4.69, 9.17) is 10.6 Å². The monoisotopic (exact) mass is 477 g/mol. The first kappa shape index (κ1) is 25.3. The van der Waals surface area contributed by atoms with Gasteiger partial charge in [-0.3, -0.25) is 10.2 Å². The Morgan fingerprint density at radius 1 is 0.824 bits per heavy atom. The molecule has 178 valence electrons. The summed E-state index contributed by atoms with van der Waals surface area (Å²) < 4.78 is 4.74. The Morgan fingerprint density at radius 2 is 1.24 bits per heavy atom. The van der Waals surface area contributed by atoms with Gasteiger partial charge in [-0.2, -0.15) is 0 Å². The van der Waals surface area contributed by atoms with Crippen molar-refractivity contribution in [1.29, 1.82) is 0 Å². The number of alkyl carbamates (subject to hydrolysis) is 1. The van der Waals surface area contributed by atoms with Crippen molar-refractivity contribution in [3.8, 4) is 0 Å². The number of benzene rings is 3. The van der Waals surface area contributed by atoms with E-state index in [-0.39, 0.29) is 5.75 Å². The number of thioether (sulfide) groups is 1. The van der Waals surface area contributed by atoms with Gasteiger partial charge in [-0.15, -0.1) is 11.8 Å². The second kappa shape index (κ2) is 11.2. The zero-order valence-corrected chi connectivity index (χ0v) is 20.5. The third-order valence-electron chi connectivity index (χ3n) is 5.16. The van der Waals surface area contributed by atoms with Gasteiger partial charge < -0.3 is 10.1 Å². The molecule has 0 aliphatic rings. The number of hydrazine groups is 1. The fraction of sp³-hybridized carbons (Fsp3) is 0.259. The molecule has 6 nitrogen and oxygen atoms in total. The molecule has 0 fully saturated rings. The minimum Gasteiger partial charge on any atom is -0.444 e. The molecule has 2 amide bonds. The Kier molecular flexibility index (Phi) is 8.36. The fourth-order valence-corrected chi connectivity index (χ4v) is 5.27. The molecule has 3 rings (SSSR count). The largest absolute Gasteiger partial charge is 0.444 e. The molecular weight excluding hydrogens is 446 g/mol. The van der Waals surface area contributed by atoms with Gasteiger partial charge in [0.15, 0.2) is 0 Å². The average Bonchev–Trinajstić information content (AvgIpc) is 2.84. The number of hydrogen-bond donors (Lipinski definition) is 3. The van der Waals surface area contributed by atoms with E-state index < -0.39 is 28.4 Å². The number of amides is 2. The molecule has 0 aromatic heterocycles. The molecule has 0 spiro atoms. The Hall–Kier alpha value is -3.29. The normalized spacial score (nSPS) is 12.5. The topological polar surface area (TPSA) is 93.4 Å². The summed E-state index contributed by atoms with van der Waals surface area (Å²) in [6.45, 7) is 5.31. The van der Waals surface area contributed by atoms with Crippen LogP contribution in [0.2, 0.25) is 0 Å². The van der Waals surface area contributed by atoms with Crippen LogP contribution in [0.4, 0.5) is 4.79 Å². The third kappa shape index (κ3) is 6.18. The molecule has 7 heteroatoms. The lowest BCUT2D eigenvalue weighted by Crippen LogP contribution is -2.51. The number of rotatable bonds is 8. The molecule has 0 bridgehead atoms. The lowest BCUT2D eigenvalue weighted by molar-refractivity contribution is -0.122. The number of ether oxygens (including phenoxy) is 1. The van der Waals surface area contributed by atoms with Gasteiger partial charge in [0.1, 0.15) is 11.6 Å². The molecule has 0 aliphatic carbocycles. The van der Waals surface area contributed by atoms with Crippen LogP contribution >= 0.6 is 11.8 Å². The van der Waals surface area contributed by atoms with Gasteiger partial charge in [0.25, 0.3) is 5.91 Å². The standard InChI is InChI=1S/C27H31N3O3S/c1-26(2,3)33-25(32)29-23(24(31)30-28)19-34-27(20-13-7-4-8-14-20,21-15-9-5-10-16-21)22-17-11-6-12-18-22/h4-18,23H,19,28H2,1-3H3,(H,29,32)(H,30,31)/t23-/m0/s1. The van der Waals surface area contributed by atoms with Gasteiger partial charge in [0.05, 0.1) is 4.75 Å². The van der Waals surface area contributed by atoms with Crippen LogP contribution in [0.1, 0.15) is 37.5 Å². The highest BCUT2D eigenvalue weighted by atomic mass is 32.2. The van der Waals surface area contributed by atoms with Crippen molar-refractivity contribution in [3.05, 3.63) is 108 Å². The molecule has 0 unspecified atom stereocenters. The predicted octanol–water partition coefficient (Wildman–Crippen LogP) is 4.59. The van der Waals surface area contributed by atoms with Gasteiger partial charge in [0, 0.05) is 5.75 Å². The van der Waals surface area contributed by atoms with Crippen LogP contribution in [0.25, 0.3) is 0 Å². The number of carbonyl (C=O) groups excluding carboxylic acids is 2. The minimum atomic E-state index is -0.902. The summed E-state index contributed by atoms with van der Waals surface area (Å²) in [5.74, 6) is 5.20. The van der Waals surface area contributed by atoms with E-state index in [9.17, 15) is 9.59 Å². The van der Waals surface area contributed by atoms with E-state index in [2.05, 4.69) is 47.1 Å². The zero-order valence-electron chi connectivity index (χ0n) is 19.7. The van der Waals surface area contributed by atoms with Crippen LogP contribution in [0.3, 0.4) is 0 Å². The number of hydrogen-bond acceptors (Lipinski definition) is 5. The van der Waals surface area contributed by atoms with Gasteiger partial charge in [-0.1, -0.05) is 91.0 Å². The van der Waals surface area contributed by atoms with Crippen LogP contribution in [-0.4, -0.2) is 29.4 Å². The Balaban J connectivity index is 2.04. The molecule has 0 radical (unpaired) electrons. The third-order valence-corrected chi connectivity index (χ3v) is 6.80. The second-order valence-corrected chi connectivity index (χ2v) is 10.0. The van der Waals surface area contributed by atoms with Crippen LogP contribution in [0, 0.1) is 0 Å². The van der Waals surface area contributed by atoms with Crippen molar-refractivity contribution in [2.24, 2.45) is 5.84 Å². The lowest BCUT2D eigenvalue weighted by atomic mass is 9.84. The van der Waals surface area contributed by atoms with E-state index in [1.807, 2.05) is 54.6 Å². The second-order valence-electron chi connectivity index (χ2n) is 8.80. The smallest absolute Gasteiger partial charge is 0.408 e. The first-order chi connectivity index (χ1) is 16.3. The van der Waals surface area contributed by atoms with Crippen LogP contribution in [0.5, 0.6) is 0 Å². The van der Waals surface area contributed by atoms with E-state index in [0.717, 1.165) is 16.7 Å². The van der Waals surface area contributed by atoms with Crippen molar-refractivity contribution < 1.29 is 14.3 Å².